The number of rotatable bonds is 11. The summed E-state index contributed by atoms with van der Waals surface area (Å²) >= 11 is 1.29. The number of thiophene rings is 1. The Kier molecular flexibility index (Phi) is 13.9. The summed E-state index contributed by atoms with van der Waals surface area (Å²) in [6.45, 7) is 14.2. The predicted molar refractivity (Wildman–Crippen MR) is 189 cm³/mol. The molecule has 0 aliphatic carbocycles. The summed E-state index contributed by atoms with van der Waals surface area (Å²) < 4.78 is 26.6. The summed E-state index contributed by atoms with van der Waals surface area (Å²) in [4.78, 5) is 48.1. The van der Waals surface area contributed by atoms with Gasteiger partial charge in [0.15, 0.2) is 0 Å². The summed E-state index contributed by atoms with van der Waals surface area (Å²) in [5, 5.41) is 12.2. The van der Waals surface area contributed by atoms with Crippen molar-refractivity contribution in [1.82, 2.24) is 24.1 Å². The summed E-state index contributed by atoms with van der Waals surface area (Å²) in [7, 11) is 1.52. The van der Waals surface area contributed by atoms with Crippen LogP contribution < -0.4 is 16.0 Å². The maximum Gasteiger partial charge on any atom is 0.332 e. The average Bonchev–Trinajstić information content (AvgIpc) is 3.71. The lowest BCUT2D eigenvalue weighted by atomic mass is 10.1. The first-order valence-corrected chi connectivity index (χ1v) is 16.2. The Morgan fingerprint density at radius 3 is 2.33 bits per heavy atom. The Balaban J connectivity index is 0.000000313. The van der Waals surface area contributed by atoms with Gasteiger partial charge in [0.25, 0.3) is 12.0 Å². The van der Waals surface area contributed by atoms with Crippen molar-refractivity contribution in [2.45, 2.75) is 66.2 Å². The van der Waals surface area contributed by atoms with E-state index in [2.05, 4.69) is 26.7 Å². The minimum atomic E-state index is -0.723. The van der Waals surface area contributed by atoms with E-state index >= 15 is 0 Å². The van der Waals surface area contributed by atoms with Crippen molar-refractivity contribution in [1.29, 1.82) is 0 Å². The molecule has 0 radical (unpaired) electrons. The molecular weight excluding hydrogens is 651 g/mol. The third-order valence-corrected chi connectivity index (χ3v) is 8.38. The normalized spacial score (nSPS) is 10.8. The maximum atomic E-state index is 13.8. The lowest BCUT2D eigenvalue weighted by Crippen LogP contribution is -2.47. The molecule has 0 N–H and O–H groups in total. The van der Waals surface area contributed by atoms with E-state index in [1.807, 2.05) is 65.0 Å². The lowest BCUT2D eigenvalue weighted by Gasteiger charge is -2.23. The number of nitrogens with zero attached hydrogens (tertiary/aromatic N) is 6. The first kappa shape index (κ1) is 38.2. The van der Waals surface area contributed by atoms with E-state index in [4.69, 9.17) is 4.74 Å². The minimum Gasteiger partial charge on any atom is -0.496 e. The molecule has 0 atom stereocenters. The van der Waals surface area contributed by atoms with Crippen LogP contribution in [0.3, 0.4) is 0 Å². The van der Waals surface area contributed by atoms with Crippen molar-refractivity contribution in [2.75, 3.05) is 13.7 Å². The topological polar surface area (TPSA) is 140 Å². The fourth-order valence-electron chi connectivity index (χ4n) is 4.75. The summed E-state index contributed by atoms with van der Waals surface area (Å²) in [6.07, 6.45) is 4.19. The molecule has 3 aromatic heterocycles. The van der Waals surface area contributed by atoms with Crippen molar-refractivity contribution < 1.29 is 18.7 Å². The van der Waals surface area contributed by atoms with Crippen LogP contribution in [0, 0.1) is 17.6 Å². The Morgan fingerprint density at radius 2 is 1.78 bits per heavy atom. The Morgan fingerprint density at radius 1 is 1.10 bits per heavy atom. The van der Waals surface area contributed by atoms with Gasteiger partial charge in [0, 0.05) is 17.6 Å². The van der Waals surface area contributed by atoms with Crippen LogP contribution in [0.25, 0.3) is 15.2 Å². The molecule has 0 aliphatic rings. The highest BCUT2D eigenvalue weighted by Gasteiger charge is 2.26. The number of hydrogen-bond acceptors (Lipinski definition) is 10. The molecule has 0 amide bonds. The number of aromatic nitrogens is 5. The van der Waals surface area contributed by atoms with Crippen LogP contribution in [-0.2, 0) is 34.6 Å². The van der Waals surface area contributed by atoms with Crippen LogP contribution in [0.4, 0.5) is 4.39 Å². The molecule has 2 aromatic carbocycles. The van der Waals surface area contributed by atoms with Gasteiger partial charge in [0.05, 0.1) is 31.4 Å². The van der Waals surface area contributed by atoms with Crippen LogP contribution in [0.1, 0.15) is 50.8 Å². The molecule has 0 spiro atoms. The molecule has 0 saturated carbocycles. The van der Waals surface area contributed by atoms with Gasteiger partial charge in [0.1, 0.15) is 28.0 Å². The summed E-state index contributed by atoms with van der Waals surface area (Å²) in [5.41, 5.74) is 1.90. The van der Waals surface area contributed by atoms with Crippen LogP contribution in [-0.4, -0.2) is 44.3 Å². The van der Waals surface area contributed by atoms with Gasteiger partial charge in [-0.25, -0.2) is 9.18 Å². The molecule has 49 heavy (non-hydrogen) atoms. The van der Waals surface area contributed by atoms with Crippen LogP contribution in [0.5, 0.6) is 5.75 Å². The Hall–Kier alpha value is -5.24. The van der Waals surface area contributed by atoms with Gasteiger partial charge in [-0.3, -0.25) is 18.7 Å². The number of hydrogen-bond donors (Lipinski definition) is 0. The monoisotopic (exact) mass is 692 g/mol. The number of aryl methyl sites for hydroxylation is 3. The van der Waals surface area contributed by atoms with E-state index in [1.165, 1.54) is 39.9 Å². The van der Waals surface area contributed by atoms with Crippen molar-refractivity contribution in [3.63, 3.8) is 0 Å². The lowest BCUT2D eigenvalue weighted by molar-refractivity contribution is -0.129. The number of methoxy groups -OCH3 is 1. The molecule has 0 bridgehead atoms. The van der Waals surface area contributed by atoms with Gasteiger partial charge >= 0.3 is 5.69 Å². The number of benzene rings is 2. The second-order valence-corrected chi connectivity index (χ2v) is 12.9. The van der Waals surface area contributed by atoms with Gasteiger partial charge in [-0.1, -0.05) is 52.4 Å². The highest BCUT2D eigenvalue weighted by molar-refractivity contribution is 7.21. The Bertz CT molecular complexity index is 1980. The molecule has 5 aromatic rings. The smallest absolute Gasteiger partial charge is 0.332 e. The zero-order chi connectivity index (χ0) is 36.1. The molecule has 260 valence electrons. The fourth-order valence-corrected chi connectivity index (χ4v) is 5.99. The van der Waals surface area contributed by atoms with Crippen LogP contribution in [0.2, 0.25) is 0 Å². The van der Waals surface area contributed by atoms with E-state index in [0.29, 0.717) is 58.1 Å². The van der Waals surface area contributed by atoms with Gasteiger partial charge in [0.2, 0.25) is 0 Å². The minimum absolute atomic E-state index is 0.247. The van der Waals surface area contributed by atoms with E-state index < -0.39 is 11.2 Å². The molecular formula is C35H41FN6O6S. The number of ether oxygens (including phenoxy) is 2. The fraction of sp³-hybridized carbons (Fsp3) is 0.343. The van der Waals surface area contributed by atoms with E-state index in [9.17, 15) is 23.7 Å². The molecule has 0 aliphatic heterocycles. The number of nitroso groups, excluding NO2 is 1. The second kappa shape index (κ2) is 17.8. The number of fused-ring (bicyclic) bond motifs is 1. The van der Waals surface area contributed by atoms with Crippen LogP contribution in [0.15, 0.2) is 87.8 Å². The maximum absolute atomic E-state index is 13.8. The standard InChI is InChI=1S/C22H24FN5O3S.C8H8O2.C5H9NO/c1-13-17-18(29)27(22(2,3)4)21(30)26(20(17)32-19(13)28-24-9-10-25-28)11-8-14-12-15(23)6-7-16(14)31-5;9-7-10-6-8-4-2-1-3-5-8;1-5(2)3-4-6-7/h6-7,9-10,12H,8,11H2,1-5H3;1-5,7H,6H2;1,3-4H2,2H3. The molecule has 14 heteroatoms. The summed E-state index contributed by atoms with van der Waals surface area (Å²) in [5.74, 6) is 0.167. The summed E-state index contributed by atoms with van der Waals surface area (Å²) in [6, 6.07) is 13.8. The SMILES string of the molecule is C=C(C)CCN=O.COc1ccc(F)cc1CCn1c(=O)n(C(C)(C)C)c(=O)c2c(C)c(-n3nccn3)sc21.O=COCc1ccccc1. The highest BCUT2D eigenvalue weighted by atomic mass is 32.1. The highest BCUT2D eigenvalue weighted by Crippen LogP contribution is 2.31. The van der Waals surface area contributed by atoms with E-state index in [-0.39, 0.29) is 17.9 Å². The van der Waals surface area contributed by atoms with E-state index in [1.54, 1.807) is 23.0 Å². The number of carbonyl (C=O) groups excluding carboxylic acids is 1. The second-order valence-electron chi connectivity index (χ2n) is 11.9. The largest absolute Gasteiger partial charge is 0.496 e. The zero-order valence-electron chi connectivity index (χ0n) is 28.5. The number of halogens is 1. The van der Waals surface area contributed by atoms with Gasteiger partial charge in [-0.2, -0.15) is 15.1 Å². The van der Waals surface area contributed by atoms with Gasteiger partial charge in [-0.15, -0.1) is 11.4 Å². The molecule has 12 nitrogen and oxygen atoms in total. The quantitative estimate of drug-likeness (QED) is 0.0888. The third kappa shape index (κ3) is 10.1. The molecule has 5 rings (SSSR count). The first-order chi connectivity index (χ1) is 23.3. The predicted octanol–water partition coefficient (Wildman–Crippen LogP) is 6.34. The average molecular weight is 693 g/mol. The Labute approximate surface area is 287 Å². The molecule has 0 saturated heterocycles. The third-order valence-electron chi connectivity index (χ3n) is 7.10. The van der Waals surface area contributed by atoms with Crippen molar-refractivity contribution >= 4 is 28.0 Å². The van der Waals surface area contributed by atoms with E-state index in [0.717, 1.165) is 17.6 Å². The van der Waals surface area contributed by atoms with Gasteiger partial charge in [-0.05, 0) is 76.8 Å². The van der Waals surface area contributed by atoms with Gasteiger partial charge < -0.3 is 9.47 Å². The zero-order valence-corrected chi connectivity index (χ0v) is 29.3. The molecule has 0 fully saturated rings. The van der Waals surface area contributed by atoms with Crippen LogP contribution >= 0.6 is 11.3 Å². The van der Waals surface area contributed by atoms with Crippen molar-refractivity contribution in [3.8, 4) is 10.8 Å². The first-order valence-electron chi connectivity index (χ1n) is 15.3. The molecule has 0 unspecified atom stereocenters. The molecule has 3 heterocycles. The van der Waals surface area contributed by atoms with Crippen molar-refractivity contribution in [2.24, 2.45) is 5.18 Å². The number of carbonyl (C=O) groups is 1. The van der Waals surface area contributed by atoms with Crippen molar-refractivity contribution in [3.05, 3.63) is 121 Å².